The van der Waals surface area contributed by atoms with Crippen LogP contribution in [0.1, 0.15) is 42.7 Å². The lowest BCUT2D eigenvalue weighted by Crippen LogP contribution is -2.43. The predicted molar refractivity (Wildman–Crippen MR) is 71.5 cm³/mol. The SMILES string of the molecule is c1c2c(cc3c1OCO3)[C@@H]1CCC[C@H]3CCN(C2)[C@H]31. The van der Waals surface area contributed by atoms with Crippen LogP contribution in [0.3, 0.4) is 0 Å². The van der Waals surface area contributed by atoms with Gasteiger partial charge < -0.3 is 9.47 Å². The minimum Gasteiger partial charge on any atom is -0.454 e. The van der Waals surface area contributed by atoms with Gasteiger partial charge in [-0.2, -0.15) is 0 Å². The van der Waals surface area contributed by atoms with E-state index in [9.17, 15) is 0 Å². The first-order valence-corrected chi connectivity index (χ1v) is 7.56. The van der Waals surface area contributed by atoms with E-state index >= 15 is 0 Å². The van der Waals surface area contributed by atoms with Crippen LogP contribution in [-0.2, 0) is 6.54 Å². The number of nitrogens with zero attached hydrogens (tertiary/aromatic N) is 1. The van der Waals surface area contributed by atoms with Gasteiger partial charge in [-0.05, 0) is 55.0 Å². The van der Waals surface area contributed by atoms with E-state index in [1.54, 1.807) is 5.56 Å². The molecule has 0 aromatic heterocycles. The van der Waals surface area contributed by atoms with Crippen LogP contribution >= 0.6 is 0 Å². The van der Waals surface area contributed by atoms with Crippen LogP contribution in [0.5, 0.6) is 11.5 Å². The number of ether oxygens (including phenoxy) is 2. The Morgan fingerprint density at radius 1 is 1.05 bits per heavy atom. The molecule has 4 aliphatic rings. The summed E-state index contributed by atoms with van der Waals surface area (Å²) in [6.45, 7) is 2.79. The van der Waals surface area contributed by atoms with Gasteiger partial charge in [0.1, 0.15) is 0 Å². The van der Waals surface area contributed by atoms with Crippen molar-refractivity contribution < 1.29 is 9.47 Å². The molecule has 1 aromatic rings. The quantitative estimate of drug-likeness (QED) is 0.713. The molecule has 3 atom stereocenters. The zero-order valence-corrected chi connectivity index (χ0v) is 11.1. The van der Waals surface area contributed by atoms with Gasteiger partial charge in [-0.1, -0.05) is 6.42 Å². The van der Waals surface area contributed by atoms with Crippen LogP contribution in [-0.4, -0.2) is 24.3 Å². The van der Waals surface area contributed by atoms with E-state index in [-0.39, 0.29) is 0 Å². The Bertz CT molecular complexity index is 542. The van der Waals surface area contributed by atoms with Gasteiger partial charge in [0.25, 0.3) is 0 Å². The monoisotopic (exact) mass is 257 g/mol. The highest BCUT2D eigenvalue weighted by Gasteiger charge is 2.45. The van der Waals surface area contributed by atoms with Gasteiger partial charge in [0.05, 0.1) is 0 Å². The molecule has 19 heavy (non-hydrogen) atoms. The second kappa shape index (κ2) is 3.66. The first kappa shape index (κ1) is 10.6. The van der Waals surface area contributed by atoms with Gasteiger partial charge in [0.2, 0.25) is 6.79 Å². The maximum atomic E-state index is 5.58. The Kier molecular flexibility index (Phi) is 2.03. The Morgan fingerprint density at radius 2 is 1.95 bits per heavy atom. The highest BCUT2D eigenvalue weighted by molar-refractivity contribution is 5.51. The zero-order chi connectivity index (χ0) is 12.4. The average Bonchev–Trinajstić information content (AvgIpc) is 3.05. The van der Waals surface area contributed by atoms with Crippen molar-refractivity contribution >= 4 is 0 Å². The summed E-state index contributed by atoms with van der Waals surface area (Å²) in [6.07, 6.45) is 5.59. The molecule has 1 saturated carbocycles. The number of rotatable bonds is 0. The van der Waals surface area contributed by atoms with E-state index in [1.165, 1.54) is 37.8 Å². The Morgan fingerprint density at radius 3 is 2.89 bits per heavy atom. The molecule has 0 bridgehead atoms. The van der Waals surface area contributed by atoms with Gasteiger partial charge in [0.15, 0.2) is 11.5 Å². The standard InChI is InChI=1S/C16H19NO2/c1-2-10-4-5-17-8-11-6-14-15(19-9-18-14)7-13(11)12(3-1)16(10)17/h6-7,10,12,16H,1-5,8-9H2/t10-,12-,16+/m0/s1. The largest absolute Gasteiger partial charge is 0.454 e. The van der Waals surface area contributed by atoms with E-state index in [0.717, 1.165) is 35.9 Å². The lowest BCUT2D eigenvalue weighted by Gasteiger charge is -2.43. The molecule has 100 valence electrons. The molecular weight excluding hydrogens is 238 g/mol. The van der Waals surface area contributed by atoms with Crippen molar-refractivity contribution in [2.75, 3.05) is 13.3 Å². The summed E-state index contributed by atoms with van der Waals surface area (Å²) in [5, 5.41) is 0. The van der Waals surface area contributed by atoms with Crippen LogP contribution in [0, 0.1) is 5.92 Å². The van der Waals surface area contributed by atoms with E-state index in [2.05, 4.69) is 17.0 Å². The number of fused-ring (bicyclic) bond motifs is 3. The highest BCUT2D eigenvalue weighted by atomic mass is 16.7. The normalized spacial score (nSPS) is 35.1. The Hall–Kier alpha value is -1.22. The van der Waals surface area contributed by atoms with Crippen molar-refractivity contribution in [3.05, 3.63) is 23.3 Å². The van der Waals surface area contributed by atoms with E-state index in [1.807, 2.05) is 0 Å². The summed E-state index contributed by atoms with van der Waals surface area (Å²) in [6, 6.07) is 5.32. The van der Waals surface area contributed by atoms with E-state index in [4.69, 9.17) is 9.47 Å². The minimum absolute atomic E-state index is 0.388. The van der Waals surface area contributed by atoms with Crippen molar-refractivity contribution in [1.82, 2.24) is 4.90 Å². The molecule has 1 saturated heterocycles. The van der Waals surface area contributed by atoms with Crippen LogP contribution in [0.15, 0.2) is 12.1 Å². The van der Waals surface area contributed by atoms with Gasteiger partial charge in [0, 0.05) is 18.5 Å². The second-order valence-corrected chi connectivity index (χ2v) is 6.45. The first-order chi connectivity index (χ1) is 9.40. The smallest absolute Gasteiger partial charge is 0.231 e. The third-order valence-corrected chi connectivity index (χ3v) is 5.60. The lowest BCUT2D eigenvalue weighted by molar-refractivity contribution is 0.134. The lowest BCUT2D eigenvalue weighted by atomic mass is 9.71. The summed E-state index contributed by atoms with van der Waals surface area (Å²) in [5.41, 5.74) is 3.03. The van der Waals surface area contributed by atoms with Crippen LogP contribution in [0.2, 0.25) is 0 Å². The van der Waals surface area contributed by atoms with Gasteiger partial charge in [-0.3, -0.25) is 4.90 Å². The molecular formula is C16H19NO2. The maximum absolute atomic E-state index is 5.58. The zero-order valence-electron chi connectivity index (χ0n) is 11.1. The van der Waals surface area contributed by atoms with Crippen LogP contribution in [0.4, 0.5) is 0 Å². The Labute approximate surface area is 113 Å². The molecule has 3 heteroatoms. The van der Waals surface area contributed by atoms with Crippen molar-refractivity contribution in [3.63, 3.8) is 0 Å². The summed E-state index contributed by atoms with van der Waals surface area (Å²) in [5.74, 6) is 3.59. The fourth-order valence-corrected chi connectivity index (χ4v) is 4.84. The molecule has 0 unspecified atom stereocenters. The summed E-state index contributed by atoms with van der Waals surface area (Å²) in [4.78, 5) is 2.72. The molecule has 3 heterocycles. The fraction of sp³-hybridized carbons (Fsp3) is 0.625. The third kappa shape index (κ3) is 1.37. The van der Waals surface area contributed by atoms with Gasteiger partial charge in [-0.15, -0.1) is 0 Å². The van der Waals surface area contributed by atoms with Crippen molar-refractivity contribution in [1.29, 1.82) is 0 Å². The molecule has 5 rings (SSSR count). The third-order valence-electron chi connectivity index (χ3n) is 5.60. The van der Waals surface area contributed by atoms with Crippen molar-refractivity contribution in [3.8, 4) is 11.5 Å². The minimum atomic E-state index is 0.388. The highest BCUT2D eigenvalue weighted by Crippen LogP contribution is 2.51. The fourth-order valence-electron chi connectivity index (χ4n) is 4.84. The van der Waals surface area contributed by atoms with Crippen molar-refractivity contribution in [2.45, 2.75) is 44.2 Å². The molecule has 2 fully saturated rings. The molecule has 0 spiro atoms. The molecule has 0 radical (unpaired) electrons. The summed E-state index contributed by atoms with van der Waals surface area (Å²) >= 11 is 0. The Balaban J connectivity index is 1.65. The molecule has 1 aromatic carbocycles. The molecule has 0 N–H and O–H groups in total. The van der Waals surface area contributed by atoms with Crippen molar-refractivity contribution in [2.24, 2.45) is 5.92 Å². The molecule has 0 amide bonds. The summed E-state index contributed by atoms with van der Waals surface area (Å²) < 4.78 is 11.1. The van der Waals surface area contributed by atoms with Gasteiger partial charge in [-0.25, -0.2) is 0 Å². The average molecular weight is 257 g/mol. The molecule has 3 aliphatic heterocycles. The first-order valence-electron chi connectivity index (χ1n) is 7.56. The molecule has 3 nitrogen and oxygen atoms in total. The second-order valence-electron chi connectivity index (χ2n) is 6.45. The number of hydrogen-bond acceptors (Lipinski definition) is 3. The number of hydrogen-bond donors (Lipinski definition) is 0. The van der Waals surface area contributed by atoms with Crippen LogP contribution < -0.4 is 9.47 Å². The van der Waals surface area contributed by atoms with Gasteiger partial charge >= 0.3 is 0 Å². The van der Waals surface area contributed by atoms with E-state index < -0.39 is 0 Å². The maximum Gasteiger partial charge on any atom is 0.231 e. The predicted octanol–water partition coefficient (Wildman–Crippen LogP) is 2.89. The topological polar surface area (TPSA) is 21.7 Å². The molecule has 1 aliphatic carbocycles. The summed E-state index contributed by atoms with van der Waals surface area (Å²) in [7, 11) is 0. The number of benzene rings is 1. The van der Waals surface area contributed by atoms with E-state index in [0.29, 0.717) is 6.79 Å². The van der Waals surface area contributed by atoms with Crippen LogP contribution in [0.25, 0.3) is 0 Å².